The molecule has 0 aromatic carbocycles. The highest BCUT2D eigenvalue weighted by atomic mass is 79.9. The molecular formula is C7H14BrN. The van der Waals surface area contributed by atoms with Gasteiger partial charge in [0.25, 0.3) is 0 Å². The Morgan fingerprint density at radius 3 is 2.67 bits per heavy atom. The first-order valence-corrected chi connectivity index (χ1v) is 4.66. The summed E-state index contributed by atoms with van der Waals surface area (Å²) in [5, 5.41) is 1.15. The summed E-state index contributed by atoms with van der Waals surface area (Å²) in [7, 11) is 0. The fraction of sp³-hybridized carbons (Fsp3) is 1.00. The molecule has 1 aliphatic rings. The van der Waals surface area contributed by atoms with Gasteiger partial charge in [-0.05, 0) is 5.92 Å². The van der Waals surface area contributed by atoms with E-state index in [1.165, 1.54) is 13.1 Å². The van der Waals surface area contributed by atoms with E-state index in [0.717, 1.165) is 17.3 Å². The molecule has 1 rings (SSSR count). The van der Waals surface area contributed by atoms with E-state index in [0.29, 0.717) is 0 Å². The van der Waals surface area contributed by atoms with Gasteiger partial charge < -0.3 is 0 Å². The molecule has 0 radical (unpaired) electrons. The zero-order valence-electron chi connectivity index (χ0n) is 6.10. The second-order valence-corrected chi connectivity index (χ2v) is 3.80. The first kappa shape index (κ1) is 7.55. The molecule has 0 amide bonds. The number of hydrogen-bond donors (Lipinski definition) is 0. The standard InChI is InChI=1S/C7H14BrN/c1-6(2)4-9-5-7(9)3-8/h6-7H,3-5H2,1-2H3. The van der Waals surface area contributed by atoms with E-state index in [-0.39, 0.29) is 0 Å². The fourth-order valence-corrected chi connectivity index (χ4v) is 1.68. The van der Waals surface area contributed by atoms with Gasteiger partial charge in [0.15, 0.2) is 0 Å². The maximum Gasteiger partial charge on any atom is 0.0320 e. The zero-order chi connectivity index (χ0) is 6.85. The maximum atomic E-state index is 3.46. The topological polar surface area (TPSA) is 3.01 Å². The van der Waals surface area contributed by atoms with Crippen molar-refractivity contribution in [2.24, 2.45) is 5.92 Å². The van der Waals surface area contributed by atoms with Crippen molar-refractivity contribution in [2.45, 2.75) is 19.9 Å². The summed E-state index contributed by atoms with van der Waals surface area (Å²) >= 11 is 3.46. The predicted octanol–water partition coefficient (Wildman–Crippen LogP) is 1.72. The fourth-order valence-electron chi connectivity index (χ4n) is 1.06. The largest absolute Gasteiger partial charge is 0.296 e. The Kier molecular flexibility index (Phi) is 2.53. The van der Waals surface area contributed by atoms with Gasteiger partial charge in [0.05, 0.1) is 0 Å². The summed E-state index contributed by atoms with van der Waals surface area (Å²) in [5.74, 6) is 0.828. The number of nitrogens with zero attached hydrogens (tertiary/aromatic N) is 1. The van der Waals surface area contributed by atoms with Gasteiger partial charge in [-0.3, -0.25) is 4.90 Å². The van der Waals surface area contributed by atoms with Gasteiger partial charge in [0.1, 0.15) is 0 Å². The van der Waals surface area contributed by atoms with Crippen molar-refractivity contribution in [2.75, 3.05) is 18.4 Å². The number of halogens is 1. The van der Waals surface area contributed by atoms with Crippen LogP contribution in [0.1, 0.15) is 13.8 Å². The van der Waals surface area contributed by atoms with Crippen LogP contribution in [-0.2, 0) is 0 Å². The lowest BCUT2D eigenvalue weighted by Crippen LogP contribution is -2.10. The van der Waals surface area contributed by atoms with E-state index in [9.17, 15) is 0 Å². The van der Waals surface area contributed by atoms with Crippen molar-refractivity contribution >= 4 is 15.9 Å². The van der Waals surface area contributed by atoms with Crippen LogP contribution in [0.4, 0.5) is 0 Å². The zero-order valence-corrected chi connectivity index (χ0v) is 7.69. The van der Waals surface area contributed by atoms with Crippen LogP contribution in [0.15, 0.2) is 0 Å². The highest BCUT2D eigenvalue weighted by Gasteiger charge is 2.32. The number of alkyl halides is 1. The Hall–Kier alpha value is 0.440. The van der Waals surface area contributed by atoms with Gasteiger partial charge in [0.2, 0.25) is 0 Å². The van der Waals surface area contributed by atoms with Crippen LogP contribution < -0.4 is 0 Å². The van der Waals surface area contributed by atoms with Gasteiger partial charge in [-0.1, -0.05) is 29.8 Å². The summed E-state index contributed by atoms with van der Waals surface area (Å²) in [4.78, 5) is 2.50. The van der Waals surface area contributed by atoms with Crippen LogP contribution >= 0.6 is 15.9 Å². The van der Waals surface area contributed by atoms with Crippen LogP contribution in [0.3, 0.4) is 0 Å². The minimum Gasteiger partial charge on any atom is -0.296 e. The molecule has 1 heterocycles. The van der Waals surface area contributed by atoms with Crippen LogP contribution in [0.2, 0.25) is 0 Å². The van der Waals surface area contributed by atoms with Crippen molar-refractivity contribution in [3.63, 3.8) is 0 Å². The van der Waals surface area contributed by atoms with Crippen molar-refractivity contribution in [3.05, 3.63) is 0 Å². The van der Waals surface area contributed by atoms with Crippen LogP contribution in [-0.4, -0.2) is 29.4 Å². The lowest BCUT2D eigenvalue weighted by atomic mass is 10.2. The third-order valence-electron chi connectivity index (χ3n) is 1.61. The molecule has 54 valence electrons. The molecule has 1 saturated heterocycles. The highest BCUT2D eigenvalue weighted by Crippen LogP contribution is 2.20. The molecule has 0 aliphatic carbocycles. The third-order valence-corrected chi connectivity index (χ3v) is 2.35. The monoisotopic (exact) mass is 191 g/mol. The average molecular weight is 192 g/mol. The summed E-state index contributed by atoms with van der Waals surface area (Å²) < 4.78 is 0. The first-order valence-electron chi connectivity index (χ1n) is 3.54. The molecule has 9 heavy (non-hydrogen) atoms. The average Bonchev–Trinajstić information content (AvgIpc) is 2.45. The Labute approximate surface area is 65.6 Å². The van der Waals surface area contributed by atoms with Gasteiger partial charge >= 0.3 is 0 Å². The number of hydrogen-bond acceptors (Lipinski definition) is 1. The van der Waals surface area contributed by atoms with Gasteiger partial charge in [0, 0.05) is 24.5 Å². The molecule has 0 aromatic heterocycles. The third kappa shape index (κ3) is 2.26. The molecule has 1 fully saturated rings. The summed E-state index contributed by atoms with van der Waals surface area (Å²) in [5.41, 5.74) is 0. The van der Waals surface area contributed by atoms with Gasteiger partial charge in [-0.25, -0.2) is 0 Å². The summed E-state index contributed by atoms with van der Waals surface area (Å²) in [6.07, 6.45) is 0. The van der Waals surface area contributed by atoms with E-state index in [2.05, 4.69) is 34.7 Å². The predicted molar refractivity (Wildman–Crippen MR) is 44.0 cm³/mol. The quantitative estimate of drug-likeness (QED) is 0.486. The van der Waals surface area contributed by atoms with Crippen LogP contribution in [0.25, 0.3) is 0 Å². The first-order chi connectivity index (χ1) is 4.24. The molecule has 2 atom stereocenters. The van der Waals surface area contributed by atoms with Crippen molar-refractivity contribution in [1.82, 2.24) is 4.90 Å². The Bertz CT molecular complexity index is 92.9. The van der Waals surface area contributed by atoms with Gasteiger partial charge in [-0.15, -0.1) is 0 Å². The van der Waals surface area contributed by atoms with Crippen molar-refractivity contribution in [1.29, 1.82) is 0 Å². The second-order valence-electron chi connectivity index (χ2n) is 3.16. The second kappa shape index (κ2) is 3.02. The molecule has 1 nitrogen and oxygen atoms in total. The lowest BCUT2D eigenvalue weighted by molar-refractivity contribution is 0.436. The molecule has 2 heteroatoms. The summed E-state index contributed by atoms with van der Waals surface area (Å²) in [6, 6.07) is 0.854. The molecule has 0 aromatic rings. The van der Waals surface area contributed by atoms with Crippen LogP contribution in [0.5, 0.6) is 0 Å². The molecule has 1 aliphatic heterocycles. The molecule has 0 bridgehead atoms. The van der Waals surface area contributed by atoms with Crippen molar-refractivity contribution < 1.29 is 0 Å². The SMILES string of the molecule is CC(C)CN1CC1CBr. The normalized spacial score (nSPS) is 33.3. The van der Waals surface area contributed by atoms with E-state index in [1.807, 2.05) is 0 Å². The highest BCUT2D eigenvalue weighted by molar-refractivity contribution is 9.09. The lowest BCUT2D eigenvalue weighted by Gasteiger charge is -2.04. The Morgan fingerprint density at radius 1 is 1.67 bits per heavy atom. The minimum absolute atomic E-state index is 0.828. The number of rotatable bonds is 3. The Morgan fingerprint density at radius 2 is 2.33 bits per heavy atom. The molecule has 2 unspecified atom stereocenters. The minimum atomic E-state index is 0.828. The maximum absolute atomic E-state index is 3.46. The molecule has 0 spiro atoms. The van der Waals surface area contributed by atoms with Gasteiger partial charge in [-0.2, -0.15) is 0 Å². The molecule has 0 N–H and O–H groups in total. The van der Waals surface area contributed by atoms with Crippen molar-refractivity contribution in [3.8, 4) is 0 Å². The molecule has 0 saturated carbocycles. The van der Waals surface area contributed by atoms with E-state index in [1.54, 1.807) is 0 Å². The Balaban J connectivity index is 2.05. The smallest absolute Gasteiger partial charge is 0.0320 e. The summed E-state index contributed by atoms with van der Waals surface area (Å²) in [6.45, 7) is 7.12. The van der Waals surface area contributed by atoms with E-state index < -0.39 is 0 Å². The molecular weight excluding hydrogens is 178 g/mol. The van der Waals surface area contributed by atoms with Crippen LogP contribution in [0, 0.1) is 5.92 Å². The van der Waals surface area contributed by atoms with E-state index in [4.69, 9.17) is 0 Å². The van der Waals surface area contributed by atoms with E-state index >= 15 is 0 Å².